The molecule has 1 rings (SSSR count). The zero-order chi connectivity index (χ0) is 12.0. The van der Waals surface area contributed by atoms with Gasteiger partial charge in [-0.1, -0.05) is 0 Å². The molecule has 1 saturated heterocycles. The van der Waals surface area contributed by atoms with Gasteiger partial charge in [0.25, 0.3) is 0 Å². The van der Waals surface area contributed by atoms with Gasteiger partial charge in [0.05, 0.1) is 13.2 Å². The Hall–Kier alpha value is -1.43. The average Bonchev–Trinajstić information content (AvgIpc) is 2.37. The van der Waals surface area contributed by atoms with E-state index < -0.39 is 12.6 Å². The molecule has 6 heteroatoms. The van der Waals surface area contributed by atoms with Crippen molar-refractivity contribution in [3.05, 3.63) is 0 Å². The van der Waals surface area contributed by atoms with Crippen molar-refractivity contribution in [1.82, 2.24) is 4.90 Å². The molecule has 2 amide bonds. The van der Waals surface area contributed by atoms with Crippen molar-refractivity contribution in [1.29, 1.82) is 0 Å². The van der Waals surface area contributed by atoms with Gasteiger partial charge in [-0.3, -0.25) is 14.5 Å². The van der Waals surface area contributed by atoms with Crippen LogP contribution < -0.4 is 0 Å². The summed E-state index contributed by atoms with van der Waals surface area (Å²) >= 11 is 0. The third-order valence-electron chi connectivity index (χ3n) is 2.32. The molecule has 0 spiro atoms. The zero-order valence-corrected chi connectivity index (χ0v) is 8.98. The van der Waals surface area contributed by atoms with Gasteiger partial charge < -0.3 is 9.84 Å². The van der Waals surface area contributed by atoms with Crippen LogP contribution in [0.15, 0.2) is 0 Å². The first-order valence-electron chi connectivity index (χ1n) is 5.24. The van der Waals surface area contributed by atoms with Crippen LogP contribution in [0.25, 0.3) is 0 Å². The number of carboxylic acids is 1. The molecular formula is C10H15NO5. The highest BCUT2D eigenvalue weighted by Crippen LogP contribution is 2.12. The monoisotopic (exact) mass is 229 g/mol. The molecule has 0 saturated carbocycles. The summed E-state index contributed by atoms with van der Waals surface area (Å²) in [5.41, 5.74) is 0. The smallest absolute Gasteiger partial charge is 0.329 e. The van der Waals surface area contributed by atoms with Gasteiger partial charge in [0.2, 0.25) is 11.8 Å². The number of imide groups is 1. The second-order valence-corrected chi connectivity index (χ2v) is 3.59. The molecule has 16 heavy (non-hydrogen) atoms. The molecule has 0 radical (unpaired) electrons. The maximum absolute atomic E-state index is 11.5. The van der Waals surface area contributed by atoms with E-state index in [1.807, 2.05) is 0 Å². The van der Waals surface area contributed by atoms with Crippen LogP contribution in [0.1, 0.15) is 25.7 Å². The number of carboxylic acid groups (broad SMARTS) is 1. The minimum absolute atomic E-state index is 0.0732. The van der Waals surface area contributed by atoms with Crippen LogP contribution in [0.3, 0.4) is 0 Å². The van der Waals surface area contributed by atoms with Gasteiger partial charge in [-0.25, -0.2) is 4.79 Å². The Labute approximate surface area is 93.2 Å². The Morgan fingerprint density at radius 2 is 1.81 bits per heavy atom. The number of amides is 2. The van der Waals surface area contributed by atoms with Gasteiger partial charge in [0.15, 0.2) is 0 Å². The minimum Gasteiger partial charge on any atom is -0.480 e. The number of nitrogens with zero attached hydrogens (tertiary/aromatic N) is 1. The van der Waals surface area contributed by atoms with E-state index in [1.165, 1.54) is 0 Å². The molecule has 1 N–H and O–H groups in total. The van der Waals surface area contributed by atoms with Gasteiger partial charge in [0, 0.05) is 12.8 Å². The maximum atomic E-state index is 11.5. The summed E-state index contributed by atoms with van der Waals surface area (Å²) in [4.78, 5) is 34.3. The van der Waals surface area contributed by atoms with Crippen molar-refractivity contribution in [2.75, 3.05) is 19.8 Å². The highest BCUT2D eigenvalue weighted by Gasteiger charge is 2.23. The molecular weight excluding hydrogens is 214 g/mol. The van der Waals surface area contributed by atoms with Crippen LogP contribution in [0, 0.1) is 0 Å². The molecule has 0 aliphatic carbocycles. The topological polar surface area (TPSA) is 83.9 Å². The van der Waals surface area contributed by atoms with Crippen molar-refractivity contribution >= 4 is 17.8 Å². The fourth-order valence-electron chi connectivity index (χ4n) is 1.53. The zero-order valence-electron chi connectivity index (χ0n) is 8.98. The molecule has 0 aromatic carbocycles. The Bertz CT molecular complexity index is 271. The highest BCUT2D eigenvalue weighted by atomic mass is 16.5. The van der Waals surface area contributed by atoms with Gasteiger partial charge in [0.1, 0.15) is 6.61 Å². The Morgan fingerprint density at radius 1 is 1.25 bits per heavy atom. The third kappa shape index (κ3) is 3.98. The first-order valence-corrected chi connectivity index (χ1v) is 5.24. The number of hydrogen-bond acceptors (Lipinski definition) is 4. The van der Waals surface area contributed by atoms with E-state index in [0.717, 1.165) is 17.7 Å². The van der Waals surface area contributed by atoms with Crippen molar-refractivity contribution < 1.29 is 24.2 Å². The average molecular weight is 229 g/mol. The lowest BCUT2D eigenvalue weighted by Gasteiger charge is -2.18. The van der Waals surface area contributed by atoms with E-state index in [-0.39, 0.29) is 25.0 Å². The molecule has 0 unspecified atom stereocenters. The van der Waals surface area contributed by atoms with Crippen molar-refractivity contribution in [2.24, 2.45) is 0 Å². The van der Waals surface area contributed by atoms with E-state index in [0.29, 0.717) is 12.8 Å². The summed E-state index contributed by atoms with van der Waals surface area (Å²) in [6.45, 7) is -0.190. The Balaban J connectivity index is 2.34. The Kier molecular flexibility index (Phi) is 4.91. The van der Waals surface area contributed by atoms with Crippen LogP contribution in [0.4, 0.5) is 0 Å². The minimum atomic E-state index is -1.06. The predicted molar refractivity (Wildman–Crippen MR) is 53.6 cm³/mol. The number of rotatable bonds is 5. The standard InChI is InChI=1S/C10H15NO5/c12-8-3-1-2-4-9(13)11(8)5-6-16-7-10(14)15/h1-7H2,(H,14,15). The lowest BCUT2D eigenvalue weighted by molar-refractivity contribution is -0.145. The summed E-state index contributed by atoms with van der Waals surface area (Å²) < 4.78 is 4.79. The van der Waals surface area contributed by atoms with Crippen LogP contribution in [-0.4, -0.2) is 47.5 Å². The summed E-state index contributed by atoms with van der Waals surface area (Å²) in [5.74, 6) is -1.45. The number of carbonyl (C=O) groups is 3. The summed E-state index contributed by atoms with van der Waals surface area (Å²) in [6.07, 6.45) is 2.23. The molecule has 1 heterocycles. The van der Waals surface area contributed by atoms with Crippen LogP contribution >= 0.6 is 0 Å². The van der Waals surface area contributed by atoms with Crippen LogP contribution in [-0.2, 0) is 19.1 Å². The third-order valence-corrected chi connectivity index (χ3v) is 2.32. The van der Waals surface area contributed by atoms with Gasteiger partial charge in [-0.05, 0) is 12.8 Å². The number of hydrogen-bond donors (Lipinski definition) is 1. The van der Waals surface area contributed by atoms with E-state index in [9.17, 15) is 14.4 Å². The lowest BCUT2D eigenvalue weighted by Crippen LogP contribution is -2.37. The molecule has 90 valence electrons. The van der Waals surface area contributed by atoms with E-state index in [1.54, 1.807) is 0 Å². The first kappa shape index (κ1) is 12.6. The number of ether oxygens (including phenoxy) is 1. The second kappa shape index (κ2) is 6.22. The number of likely N-dealkylation sites (tertiary alicyclic amines) is 1. The predicted octanol–water partition coefficient (Wildman–Crippen LogP) is 0.0168. The van der Waals surface area contributed by atoms with E-state index >= 15 is 0 Å². The lowest BCUT2D eigenvalue weighted by atomic mass is 10.2. The second-order valence-electron chi connectivity index (χ2n) is 3.59. The van der Waals surface area contributed by atoms with Gasteiger partial charge >= 0.3 is 5.97 Å². The number of aliphatic carboxylic acids is 1. The normalized spacial score (nSPS) is 17.4. The molecule has 1 fully saturated rings. The molecule has 0 bridgehead atoms. The fraction of sp³-hybridized carbons (Fsp3) is 0.700. The molecule has 1 aliphatic heterocycles. The maximum Gasteiger partial charge on any atom is 0.329 e. The van der Waals surface area contributed by atoms with Crippen LogP contribution in [0.2, 0.25) is 0 Å². The van der Waals surface area contributed by atoms with Crippen molar-refractivity contribution in [3.63, 3.8) is 0 Å². The first-order chi connectivity index (χ1) is 7.61. The highest BCUT2D eigenvalue weighted by molar-refractivity contribution is 5.95. The van der Waals surface area contributed by atoms with Gasteiger partial charge in [-0.15, -0.1) is 0 Å². The van der Waals surface area contributed by atoms with E-state index in [4.69, 9.17) is 9.84 Å². The molecule has 6 nitrogen and oxygen atoms in total. The molecule has 1 aliphatic rings. The summed E-state index contributed by atoms with van der Waals surface area (Å²) in [5, 5.41) is 8.33. The van der Waals surface area contributed by atoms with Crippen molar-refractivity contribution in [3.8, 4) is 0 Å². The summed E-state index contributed by atoms with van der Waals surface area (Å²) in [6, 6.07) is 0. The fourth-order valence-corrected chi connectivity index (χ4v) is 1.53. The number of carbonyl (C=O) groups excluding carboxylic acids is 2. The largest absolute Gasteiger partial charge is 0.480 e. The van der Waals surface area contributed by atoms with Crippen LogP contribution in [0.5, 0.6) is 0 Å². The molecule has 0 aromatic rings. The molecule has 0 aromatic heterocycles. The SMILES string of the molecule is O=C(O)COCCN1C(=O)CCCCC1=O. The van der Waals surface area contributed by atoms with Gasteiger partial charge in [-0.2, -0.15) is 0 Å². The van der Waals surface area contributed by atoms with Crippen molar-refractivity contribution in [2.45, 2.75) is 25.7 Å². The quantitative estimate of drug-likeness (QED) is 0.530. The Morgan fingerprint density at radius 3 is 2.31 bits per heavy atom. The molecule has 0 atom stereocenters. The van der Waals surface area contributed by atoms with E-state index in [2.05, 4.69) is 0 Å². The summed E-state index contributed by atoms with van der Waals surface area (Å²) in [7, 11) is 0.